The smallest absolute Gasteiger partial charge is 0.337 e. The Balaban J connectivity index is 1.79. The van der Waals surface area contributed by atoms with Gasteiger partial charge in [0, 0.05) is 18.1 Å². The van der Waals surface area contributed by atoms with Gasteiger partial charge in [-0.2, -0.15) is 5.26 Å². The van der Waals surface area contributed by atoms with Gasteiger partial charge in [0.2, 0.25) is 5.91 Å². The maximum atomic E-state index is 13.1. The van der Waals surface area contributed by atoms with Crippen molar-refractivity contribution in [3.8, 4) is 17.2 Å². The molecule has 1 aromatic heterocycles. The molecule has 1 heterocycles. The number of amides is 2. The minimum Gasteiger partial charge on any atom is -0.478 e. The summed E-state index contributed by atoms with van der Waals surface area (Å²) in [7, 11) is 0. The molecule has 0 radical (unpaired) electrons. The number of nitriles is 1. The van der Waals surface area contributed by atoms with Crippen molar-refractivity contribution < 1.29 is 24.0 Å². The second kappa shape index (κ2) is 10.1. The number of aromatic carboxylic acids is 1. The molecule has 9 heteroatoms. The average Bonchev–Trinajstić information content (AvgIpc) is 3.27. The van der Waals surface area contributed by atoms with E-state index in [1.54, 1.807) is 12.1 Å². The normalized spacial score (nSPS) is 10.6. The van der Waals surface area contributed by atoms with E-state index in [2.05, 4.69) is 15.8 Å². The van der Waals surface area contributed by atoms with Gasteiger partial charge in [0.15, 0.2) is 11.3 Å². The Bertz CT molecular complexity index is 1550. The van der Waals surface area contributed by atoms with Crippen LogP contribution in [0.25, 0.3) is 22.1 Å². The highest BCUT2D eigenvalue weighted by Gasteiger charge is 2.22. The highest BCUT2D eigenvalue weighted by molar-refractivity contribution is 6.14. The number of carbonyl (C=O) groups is 3. The summed E-state index contributed by atoms with van der Waals surface area (Å²) in [6.45, 7) is 3.85. The van der Waals surface area contributed by atoms with Gasteiger partial charge in [0.25, 0.3) is 5.91 Å². The van der Waals surface area contributed by atoms with Crippen LogP contribution in [0.15, 0.2) is 59.1 Å². The van der Waals surface area contributed by atoms with E-state index in [9.17, 15) is 19.5 Å². The molecule has 0 saturated heterocycles. The maximum absolute atomic E-state index is 13.1. The van der Waals surface area contributed by atoms with Crippen LogP contribution in [-0.4, -0.2) is 28.0 Å². The number of anilines is 2. The lowest BCUT2D eigenvalue weighted by atomic mass is 9.97. The van der Waals surface area contributed by atoms with E-state index < -0.39 is 11.9 Å². The molecule has 0 aliphatic heterocycles. The number of carbonyl (C=O) groups excluding carboxylic acids is 2. The van der Waals surface area contributed by atoms with Gasteiger partial charge in [-0.05, 0) is 48.7 Å². The van der Waals surface area contributed by atoms with Gasteiger partial charge in [-0.25, -0.2) is 4.79 Å². The zero-order chi connectivity index (χ0) is 25.8. The number of nitrogens with zero attached hydrogens (tertiary/aromatic N) is 2. The summed E-state index contributed by atoms with van der Waals surface area (Å²) >= 11 is 0. The first kappa shape index (κ1) is 24.2. The molecule has 0 saturated carbocycles. The predicted molar refractivity (Wildman–Crippen MR) is 134 cm³/mol. The first-order chi connectivity index (χ1) is 17.3. The molecule has 180 valence electrons. The van der Waals surface area contributed by atoms with Gasteiger partial charge in [-0.1, -0.05) is 36.3 Å². The number of nitrogens with one attached hydrogen (secondary N) is 2. The quantitative estimate of drug-likeness (QED) is 0.321. The SMILES string of the molecule is CCCC(=O)Nc1cc2onc(C(=O)Nc3ccc(C#N)cc3C(=O)O)c2cc1-c1ccccc1C. The number of carboxylic acids is 1. The van der Waals surface area contributed by atoms with Crippen LogP contribution in [0.2, 0.25) is 0 Å². The lowest BCUT2D eigenvalue weighted by Gasteiger charge is -2.13. The van der Waals surface area contributed by atoms with Crippen molar-refractivity contribution in [2.75, 3.05) is 10.6 Å². The lowest BCUT2D eigenvalue weighted by molar-refractivity contribution is -0.116. The monoisotopic (exact) mass is 482 g/mol. The van der Waals surface area contributed by atoms with Gasteiger partial charge in [-0.3, -0.25) is 9.59 Å². The molecular formula is C27H22N4O5. The first-order valence-corrected chi connectivity index (χ1v) is 11.2. The summed E-state index contributed by atoms with van der Waals surface area (Å²) in [5.74, 6) is -2.12. The number of hydrogen-bond donors (Lipinski definition) is 3. The Morgan fingerprint density at radius 3 is 2.50 bits per heavy atom. The molecular weight excluding hydrogens is 460 g/mol. The molecule has 3 N–H and O–H groups in total. The number of hydrogen-bond acceptors (Lipinski definition) is 6. The molecule has 0 unspecified atom stereocenters. The second-order valence-electron chi connectivity index (χ2n) is 8.17. The maximum Gasteiger partial charge on any atom is 0.337 e. The minimum atomic E-state index is -1.29. The molecule has 9 nitrogen and oxygen atoms in total. The molecule has 0 fully saturated rings. The summed E-state index contributed by atoms with van der Waals surface area (Å²) in [6, 6.07) is 16.8. The molecule has 0 aliphatic carbocycles. The van der Waals surface area contributed by atoms with E-state index in [1.807, 2.05) is 44.2 Å². The molecule has 3 aromatic carbocycles. The fourth-order valence-electron chi connectivity index (χ4n) is 3.87. The van der Waals surface area contributed by atoms with E-state index >= 15 is 0 Å². The third-order valence-corrected chi connectivity index (χ3v) is 5.64. The van der Waals surface area contributed by atoms with Gasteiger partial charge in [0.05, 0.1) is 34.0 Å². The first-order valence-electron chi connectivity index (χ1n) is 11.2. The molecule has 4 rings (SSSR count). The second-order valence-corrected chi connectivity index (χ2v) is 8.17. The number of fused-ring (bicyclic) bond motifs is 1. The number of aryl methyl sites for hydroxylation is 1. The van der Waals surface area contributed by atoms with Crippen LogP contribution in [0.4, 0.5) is 11.4 Å². The van der Waals surface area contributed by atoms with Crippen LogP contribution < -0.4 is 10.6 Å². The van der Waals surface area contributed by atoms with Crippen molar-refractivity contribution in [2.45, 2.75) is 26.7 Å². The molecule has 4 aromatic rings. The topological polar surface area (TPSA) is 145 Å². The summed E-state index contributed by atoms with van der Waals surface area (Å²) in [5.41, 5.74) is 3.22. The van der Waals surface area contributed by atoms with E-state index in [-0.39, 0.29) is 34.0 Å². The van der Waals surface area contributed by atoms with Crippen molar-refractivity contribution in [2.24, 2.45) is 0 Å². The van der Waals surface area contributed by atoms with Crippen molar-refractivity contribution in [1.29, 1.82) is 5.26 Å². The third kappa shape index (κ3) is 4.79. The van der Waals surface area contributed by atoms with E-state index in [0.29, 0.717) is 29.5 Å². The molecule has 36 heavy (non-hydrogen) atoms. The van der Waals surface area contributed by atoms with Gasteiger partial charge in [0.1, 0.15) is 0 Å². The van der Waals surface area contributed by atoms with Crippen LogP contribution >= 0.6 is 0 Å². The van der Waals surface area contributed by atoms with E-state index in [1.165, 1.54) is 18.2 Å². The minimum absolute atomic E-state index is 0.0187. The third-order valence-electron chi connectivity index (χ3n) is 5.64. The summed E-state index contributed by atoms with van der Waals surface area (Å²) in [5, 5.41) is 28.3. The van der Waals surface area contributed by atoms with E-state index in [0.717, 1.165) is 11.1 Å². The van der Waals surface area contributed by atoms with Crippen LogP contribution in [0.1, 0.15) is 51.7 Å². The fraction of sp³-hybridized carbons (Fsp3) is 0.148. The average molecular weight is 482 g/mol. The van der Waals surface area contributed by atoms with Crippen molar-refractivity contribution >= 4 is 40.1 Å². The number of carboxylic acid groups (broad SMARTS) is 1. The zero-order valence-corrected chi connectivity index (χ0v) is 19.6. The lowest BCUT2D eigenvalue weighted by Crippen LogP contribution is -2.15. The molecule has 0 aliphatic rings. The van der Waals surface area contributed by atoms with Crippen LogP contribution in [0.5, 0.6) is 0 Å². The van der Waals surface area contributed by atoms with Gasteiger partial charge >= 0.3 is 5.97 Å². The Morgan fingerprint density at radius 2 is 1.81 bits per heavy atom. The summed E-state index contributed by atoms with van der Waals surface area (Å²) < 4.78 is 5.40. The Kier molecular flexibility index (Phi) is 6.79. The highest BCUT2D eigenvalue weighted by Crippen LogP contribution is 2.36. The van der Waals surface area contributed by atoms with Crippen molar-refractivity contribution in [3.63, 3.8) is 0 Å². The Labute approximate surface area is 206 Å². The van der Waals surface area contributed by atoms with Gasteiger partial charge in [-0.15, -0.1) is 0 Å². The van der Waals surface area contributed by atoms with Crippen molar-refractivity contribution in [3.05, 3.63) is 77.0 Å². The zero-order valence-electron chi connectivity index (χ0n) is 19.6. The predicted octanol–water partition coefficient (Wildman–Crippen LogP) is 5.36. The Morgan fingerprint density at radius 1 is 1.03 bits per heavy atom. The standard InChI is InChI=1S/C27H22N4O5/c1-3-6-24(32)29-22-13-23-20(12-18(22)17-8-5-4-7-15(17)2)25(31-36-23)26(33)30-21-10-9-16(14-28)11-19(21)27(34)35/h4-5,7-13H,3,6H2,1-2H3,(H,29,32)(H,30,33)(H,34,35). The fourth-order valence-corrected chi connectivity index (χ4v) is 3.87. The van der Waals surface area contributed by atoms with Crippen LogP contribution in [0.3, 0.4) is 0 Å². The van der Waals surface area contributed by atoms with Crippen molar-refractivity contribution in [1.82, 2.24) is 5.16 Å². The van der Waals surface area contributed by atoms with Crippen LogP contribution in [-0.2, 0) is 4.79 Å². The highest BCUT2D eigenvalue weighted by atomic mass is 16.5. The number of rotatable bonds is 7. The number of aromatic nitrogens is 1. The van der Waals surface area contributed by atoms with Crippen LogP contribution in [0, 0.1) is 18.3 Å². The number of benzene rings is 3. The summed E-state index contributed by atoms with van der Waals surface area (Å²) in [4.78, 5) is 37.1. The Hall–Kier alpha value is -4.97. The molecule has 0 bridgehead atoms. The van der Waals surface area contributed by atoms with E-state index in [4.69, 9.17) is 9.78 Å². The molecule has 0 atom stereocenters. The summed E-state index contributed by atoms with van der Waals surface area (Å²) in [6.07, 6.45) is 1.04. The van der Waals surface area contributed by atoms with Gasteiger partial charge < -0.3 is 20.3 Å². The molecule has 0 spiro atoms. The molecule has 2 amide bonds. The largest absolute Gasteiger partial charge is 0.478 e.